The molecule has 0 saturated heterocycles. The minimum absolute atomic E-state index is 0.919. The second-order valence-electron chi connectivity index (χ2n) is 7.30. The molecule has 0 atom stereocenters. The summed E-state index contributed by atoms with van der Waals surface area (Å²) in [6, 6.07) is 29.2. The average Bonchev–Trinajstić information content (AvgIpc) is 3.20. The van der Waals surface area contributed by atoms with Crippen molar-refractivity contribution < 1.29 is 0 Å². The van der Waals surface area contributed by atoms with Gasteiger partial charge in [0.1, 0.15) is 5.84 Å². The van der Waals surface area contributed by atoms with Crippen molar-refractivity contribution in [2.24, 2.45) is 4.99 Å². The molecule has 3 heteroatoms. The minimum atomic E-state index is 0.919. The number of rotatable bonds is 8. The third-order valence-corrected chi connectivity index (χ3v) is 5.40. The van der Waals surface area contributed by atoms with Gasteiger partial charge in [-0.2, -0.15) is 0 Å². The van der Waals surface area contributed by atoms with Crippen LogP contribution in [0.25, 0.3) is 11.4 Å². The van der Waals surface area contributed by atoms with Crippen LogP contribution in [-0.2, 0) is 6.42 Å². The van der Waals surface area contributed by atoms with E-state index in [-0.39, 0.29) is 0 Å². The molecule has 0 fully saturated rings. The van der Waals surface area contributed by atoms with Gasteiger partial charge < -0.3 is 0 Å². The van der Waals surface area contributed by atoms with Crippen molar-refractivity contribution in [3.05, 3.63) is 102 Å². The van der Waals surface area contributed by atoms with Crippen LogP contribution >= 0.6 is 12.6 Å². The van der Waals surface area contributed by atoms with Crippen LogP contribution in [0.15, 0.2) is 94.8 Å². The van der Waals surface area contributed by atoms with Crippen LogP contribution in [0.1, 0.15) is 42.4 Å². The molecule has 0 aromatic heterocycles. The summed E-state index contributed by atoms with van der Waals surface area (Å²) in [7, 11) is 0. The van der Waals surface area contributed by atoms with Crippen molar-refractivity contribution in [3.8, 4) is 0 Å². The van der Waals surface area contributed by atoms with Gasteiger partial charge in [-0.25, -0.2) is 10.3 Å². The van der Waals surface area contributed by atoms with Gasteiger partial charge in [0.15, 0.2) is 0 Å². The van der Waals surface area contributed by atoms with Crippen molar-refractivity contribution in [1.82, 2.24) is 5.32 Å². The van der Waals surface area contributed by atoms with Crippen molar-refractivity contribution in [3.63, 3.8) is 0 Å². The Balaban J connectivity index is 1.36. The Bertz CT molecular complexity index is 990. The first-order valence-corrected chi connectivity index (χ1v) is 10.7. The highest BCUT2D eigenvalue weighted by Crippen LogP contribution is 2.31. The molecule has 3 aromatic carbocycles. The molecule has 29 heavy (non-hydrogen) atoms. The first-order chi connectivity index (χ1) is 14.3. The number of benzene rings is 3. The molecule has 1 aliphatic rings. The van der Waals surface area contributed by atoms with Crippen LogP contribution in [0, 0.1) is 0 Å². The van der Waals surface area contributed by atoms with E-state index in [0.717, 1.165) is 52.5 Å². The zero-order valence-corrected chi connectivity index (χ0v) is 17.4. The maximum Gasteiger partial charge on any atom is 0.129 e. The predicted octanol–water partition coefficient (Wildman–Crippen LogP) is 6.62. The number of unbranched alkanes of at least 4 members (excludes halogenated alkanes) is 2. The quantitative estimate of drug-likeness (QED) is 0.327. The Morgan fingerprint density at radius 3 is 1.83 bits per heavy atom. The smallest absolute Gasteiger partial charge is 0.129 e. The monoisotopic (exact) mass is 397 g/mol. The Labute approximate surface area is 178 Å². The predicted molar refractivity (Wildman–Crippen MR) is 125 cm³/mol. The Morgan fingerprint density at radius 2 is 1.17 bits per heavy atom. The SMILES string of the molecule is Sc1ccc(CCCCCC2=NC(c3ccccc3)=C(c3ccccc3)[N]2)cc1. The zero-order valence-electron chi connectivity index (χ0n) is 16.5. The van der Waals surface area contributed by atoms with Gasteiger partial charge in [-0.1, -0.05) is 79.2 Å². The molecule has 2 nitrogen and oxygen atoms in total. The lowest BCUT2D eigenvalue weighted by atomic mass is 10.1. The number of thiol groups is 1. The zero-order chi connectivity index (χ0) is 19.9. The highest BCUT2D eigenvalue weighted by molar-refractivity contribution is 7.80. The number of aliphatic imine (C=N–C) groups is 1. The van der Waals surface area contributed by atoms with Crippen LogP contribution < -0.4 is 5.32 Å². The molecule has 0 saturated carbocycles. The maximum absolute atomic E-state index is 4.90. The molecule has 0 N–H and O–H groups in total. The average molecular weight is 398 g/mol. The van der Waals surface area contributed by atoms with Gasteiger partial charge in [-0.15, -0.1) is 12.6 Å². The molecule has 145 valence electrons. The molecular weight excluding hydrogens is 372 g/mol. The molecule has 0 bridgehead atoms. The van der Waals surface area contributed by atoms with Crippen molar-refractivity contribution in [2.75, 3.05) is 0 Å². The van der Waals surface area contributed by atoms with E-state index >= 15 is 0 Å². The molecule has 0 spiro atoms. The van der Waals surface area contributed by atoms with Gasteiger partial charge in [0.25, 0.3) is 0 Å². The minimum Gasteiger partial charge on any atom is -0.231 e. The van der Waals surface area contributed by atoms with Crippen LogP contribution in [0.4, 0.5) is 0 Å². The standard InChI is InChI=1S/C26H25N2S/c29-23-18-16-20(17-19-23)10-4-1-9-15-24-27-25(21-11-5-2-6-12-21)26(28-24)22-13-7-3-8-14-22/h2-3,5-8,11-14,16-19,29H,1,4,9-10,15H2. The molecule has 0 unspecified atom stereocenters. The molecule has 1 aliphatic heterocycles. The molecule has 0 amide bonds. The van der Waals surface area contributed by atoms with Crippen LogP contribution in [0.5, 0.6) is 0 Å². The van der Waals surface area contributed by atoms with Gasteiger partial charge in [0.05, 0.1) is 11.4 Å². The topological polar surface area (TPSA) is 26.5 Å². The van der Waals surface area contributed by atoms with Gasteiger partial charge in [-0.3, -0.25) is 0 Å². The lowest BCUT2D eigenvalue weighted by molar-refractivity contribution is 0.693. The molecule has 0 aliphatic carbocycles. The highest BCUT2D eigenvalue weighted by Gasteiger charge is 2.21. The fourth-order valence-corrected chi connectivity index (χ4v) is 3.70. The number of amidine groups is 1. The lowest BCUT2D eigenvalue weighted by Gasteiger charge is -2.06. The summed E-state index contributed by atoms with van der Waals surface area (Å²) < 4.78 is 0. The fraction of sp³-hybridized carbons (Fsp3) is 0.192. The van der Waals surface area contributed by atoms with Crippen LogP contribution in [-0.4, -0.2) is 5.84 Å². The Kier molecular flexibility index (Phi) is 6.48. The second kappa shape index (κ2) is 9.62. The van der Waals surface area contributed by atoms with Crippen molar-refractivity contribution in [1.29, 1.82) is 0 Å². The van der Waals surface area contributed by atoms with E-state index in [4.69, 9.17) is 10.3 Å². The van der Waals surface area contributed by atoms with E-state index in [2.05, 4.69) is 85.4 Å². The van der Waals surface area contributed by atoms with Crippen molar-refractivity contribution in [2.45, 2.75) is 37.0 Å². The fourth-order valence-electron chi connectivity index (χ4n) is 3.55. The summed E-state index contributed by atoms with van der Waals surface area (Å²) in [5.74, 6) is 0.946. The number of hydrogen-bond donors (Lipinski definition) is 1. The normalized spacial score (nSPS) is 13.3. The van der Waals surface area contributed by atoms with E-state index < -0.39 is 0 Å². The summed E-state index contributed by atoms with van der Waals surface area (Å²) in [6.07, 6.45) is 5.50. The van der Waals surface area contributed by atoms with Gasteiger partial charge in [0, 0.05) is 22.4 Å². The van der Waals surface area contributed by atoms with E-state index in [1.807, 2.05) is 12.1 Å². The third-order valence-electron chi connectivity index (χ3n) is 5.10. The van der Waals surface area contributed by atoms with E-state index in [0.29, 0.717) is 0 Å². The Hall–Kier alpha value is -2.78. The summed E-state index contributed by atoms with van der Waals surface area (Å²) in [6.45, 7) is 0. The van der Waals surface area contributed by atoms with E-state index in [1.165, 1.54) is 18.4 Å². The first kappa shape index (κ1) is 19.5. The van der Waals surface area contributed by atoms with Gasteiger partial charge >= 0.3 is 0 Å². The largest absolute Gasteiger partial charge is 0.231 e. The molecule has 1 heterocycles. The number of nitrogens with zero attached hydrogens (tertiary/aromatic N) is 2. The number of aryl methyl sites for hydroxylation is 1. The summed E-state index contributed by atoms with van der Waals surface area (Å²) in [4.78, 5) is 5.92. The molecule has 1 radical (unpaired) electrons. The first-order valence-electron chi connectivity index (χ1n) is 10.2. The Morgan fingerprint density at radius 1 is 0.586 bits per heavy atom. The van der Waals surface area contributed by atoms with Gasteiger partial charge in [0.2, 0.25) is 0 Å². The summed E-state index contributed by atoms with van der Waals surface area (Å²) >= 11 is 4.35. The molecule has 3 aromatic rings. The van der Waals surface area contributed by atoms with Crippen molar-refractivity contribution >= 4 is 29.9 Å². The number of hydrogen-bond acceptors (Lipinski definition) is 2. The van der Waals surface area contributed by atoms with Crippen LogP contribution in [0.2, 0.25) is 0 Å². The lowest BCUT2D eigenvalue weighted by Crippen LogP contribution is -2.10. The highest BCUT2D eigenvalue weighted by atomic mass is 32.1. The summed E-state index contributed by atoms with van der Waals surface area (Å²) in [5.41, 5.74) is 5.60. The van der Waals surface area contributed by atoms with E-state index in [1.54, 1.807) is 0 Å². The summed E-state index contributed by atoms with van der Waals surface area (Å²) in [5, 5.41) is 4.90. The third kappa shape index (κ3) is 5.18. The molecular formula is C26H25N2S. The van der Waals surface area contributed by atoms with Crippen LogP contribution in [0.3, 0.4) is 0 Å². The maximum atomic E-state index is 4.90. The van der Waals surface area contributed by atoms with Gasteiger partial charge in [-0.05, 0) is 37.0 Å². The second-order valence-corrected chi connectivity index (χ2v) is 7.81. The molecule has 4 rings (SSSR count). The van der Waals surface area contributed by atoms with E-state index in [9.17, 15) is 0 Å².